The lowest BCUT2D eigenvalue weighted by Gasteiger charge is -2.27. The molecule has 1 saturated heterocycles. The van der Waals surface area contributed by atoms with Crippen molar-refractivity contribution in [2.45, 2.75) is 32.7 Å². The van der Waals surface area contributed by atoms with E-state index in [0.29, 0.717) is 22.7 Å². The first-order valence-corrected chi connectivity index (χ1v) is 9.08. The van der Waals surface area contributed by atoms with Gasteiger partial charge in [-0.1, -0.05) is 23.2 Å². The van der Waals surface area contributed by atoms with Crippen LogP contribution in [0.2, 0.25) is 10.2 Å². The van der Waals surface area contributed by atoms with Gasteiger partial charge in [0, 0.05) is 32.4 Å². The van der Waals surface area contributed by atoms with E-state index in [1.807, 2.05) is 18.9 Å². The Hall–Kier alpha value is -0.670. The highest BCUT2D eigenvalue weighted by Crippen LogP contribution is 2.25. The fourth-order valence-corrected chi connectivity index (χ4v) is 3.07. The van der Waals surface area contributed by atoms with Crippen LogP contribution in [0, 0.1) is 0 Å². The van der Waals surface area contributed by atoms with Crippen molar-refractivity contribution < 1.29 is 4.79 Å². The fourth-order valence-electron chi connectivity index (χ4n) is 2.66. The summed E-state index contributed by atoms with van der Waals surface area (Å²) in [4.78, 5) is 18.6. The number of nitrogens with zero attached hydrogens (tertiary/aromatic N) is 3. The third-order valence-corrected chi connectivity index (χ3v) is 4.92. The van der Waals surface area contributed by atoms with Gasteiger partial charge in [0.05, 0.1) is 18.1 Å². The van der Waals surface area contributed by atoms with Crippen molar-refractivity contribution in [1.29, 1.82) is 0 Å². The van der Waals surface area contributed by atoms with E-state index in [2.05, 4.69) is 15.6 Å². The average Bonchev–Trinajstić information content (AvgIpc) is 2.85. The molecule has 0 radical (unpaired) electrons. The fraction of sp³-hybridized carbons (Fsp3) is 0.625. The molecule has 1 fully saturated rings. The van der Waals surface area contributed by atoms with Crippen LogP contribution in [0.1, 0.15) is 31.9 Å². The number of aliphatic imine (C=N–C) groups is 1. The van der Waals surface area contributed by atoms with Gasteiger partial charge < -0.3 is 20.1 Å². The second-order valence-electron chi connectivity index (χ2n) is 5.82. The second-order valence-corrected chi connectivity index (χ2v) is 6.59. The molecule has 0 bridgehead atoms. The first kappa shape index (κ1) is 22.4. The van der Waals surface area contributed by atoms with E-state index >= 15 is 0 Å². The number of hydrogen-bond acceptors (Lipinski definition) is 2. The average molecular weight is 502 g/mol. The summed E-state index contributed by atoms with van der Waals surface area (Å²) in [5, 5.41) is 7.26. The largest absolute Gasteiger partial charge is 0.357 e. The van der Waals surface area contributed by atoms with Crippen molar-refractivity contribution in [2.75, 3.05) is 26.2 Å². The van der Waals surface area contributed by atoms with Gasteiger partial charge in [0.2, 0.25) is 5.91 Å². The zero-order valence-electron chi connectivity index (χ0n) is 14.6. The molecule has 2 N–H and O–H groups in total. The number of rotatable bonds is 5. The number of halogens is 3. The van der Waals surface area contributed by atoms with Crippen LogP contribution in [0.4, 0.5) is 0 Å². The van der Waals surface area contributed by atoms with Gasteiger partial charge in [-0.15, -0.1) is 24.0 Å². The molecule has 0 unspecified atom stereocenters. The first-order valence-electron chi connectivity index (χ1n) is 8.32. The van der Waals surface area contributed by atoms with Crippen LogP contribution < -0.4 is 10.6 Å². The lowest BCUT2D eigenvalue weighted by atomic mass is 10.1. The van der Waals surface area contributed by atoms with Gasteiger partial charge in [-0.3, -0.25) is 4.79 Å². The molecule has 1 aliphatic heterocycles. The molecule has 1 aliphatic rings. The Morgan fingerprint density at radius 1 is 1.24 bits per heavy atom. The third kappa shape index (κ3) is 6.53. The number of hydrogen-bond donors (Lipinski definition) is 2. The molecule has 142 valence electrons. The zero-order valence-corrected chi connectivity index (χ0v) is 18.5. The lowest BCUT2D eigenvalue weighted by molar-refractivity contribution is -0.130. The summed E-state index contributed by atoms with van der Waals surface area (Å²) in [5.74, 6) is 0.724. The Morgan fingerprint density at radius 3 is 2.48 bits per heavy atom. The standard InChI is InChI=1S/C16H25Cl2N5O.HI/c1-3-19-16(20-10-12-9-13(17)15(18)22(12)2)21-11-14(24)23-7-5-4-6-8-23;/h9H,3-8,10-11H2,1-2H3,(H2,19,20,21);1H. The highest BCUT2D eigenvalue weighted by atomic mass is 127. The Bertz CT molecular complexity index is 600. The Morgan fingerprint density at radius 2 is 1.92 bits per heavy atom. The van der Waals surface area contributed by atoms with E-state index in [0.717, 1.165) is 38.2 Å². The molecule has 1 amide bonds. The summed E-state index contributed by atoms with van der Waals surface area (Å²) in [6, 6.07) is 1.80. The van der Waals surface area contributed by atoms with Crippen LogP contribution in [0.5, 0.6) is 0 Å². The topological polar surface area (TPSA) is 61.7 Å². The van der Waals surface area contributed by atoms with Crippen molar-refractivity contribution in [3.8, 4) is 0 Å². The number of carbonyl (C=O) groups excluding carboxylic acids is 1. The van der Waals surface area contributed by atoms with Crippen molar-refractivity contribution in [3.05, 3.63) is 21.9 Å². The first-order chi connectivity index (χ1) is 11.5. The summed E-state index contributed by atoms with van der Waals surface area (Å²) < 4.78 is 1.80. The van der Waals surface area contributed by atoms with E-state index in [1.54, 1.807) is 10.6 Å². The van der Waals surface area contributed by atoms with Crippen LogP contribution in [-0.2, 0) is 18.4 Å². The maximum atomic E-state index is 12.2. The maximum Gasteiger partial charge on any atom is 0.241 e. The van der Waals surface area contributed by atoms with Crippen LogP contribution >= 0.6 is 47.2 Å². The van der Waals surface area contributed by atoms with E-state index in [4.69, 9.17) is 23.2 Å². The van der Waals surface area contributed by atoms with Gasteiger partial charge >= 0.3 is 0 Å². The summed E-state index contributed by atoms with van der Waals surface area (Å²) in [6.45, 7) is 5.10. The number of carbonyl (C=O) groups is 1. The van der Waals surface area contributed by atoms with Gasteiger partial charge in [0.15, 0.2) is 5.96 Å². The molecular formula is C16H26Cl2IN5O. The Kier molecular flexibility index (Phi) is 9.96. The Balaban J connectivity index is 0.00000312. The SMILES string of the molecule is CCNC(=NCc1cc(Cl)c(Cl)n1C)NCC(=O)N1CCCCC1.I. The minimum absolute atomic E-state index is 0. The van der Waals surface area contributed by atoms with E-state index in [-0.39, 0.29) is 36.4 Å². The van der Waals surface area contributed by atoms with Crippen molar-refractivity contribution in [3.63, 3.8) is 0 Å². The van der Waals surface area contributed by atoms with Crippen molar-refractivity contribution in [2.24, 2.45) is 12.0 Å². The minimum Gasteiger partial charge on any atom is -0.357 e. The molecule has 0 spiro atoms. The summed E-state index contributed by atoms with van der Waals surface area (Å²) in [6.07, 6.45) is 3.40. The number of nitrogens with one attached hydrogen (secondary N) is 2. The molecule has 0 aliphatic carbocycles. The van der Waals surface area contributed by atoms with Gasteiger partial charge in [-0.25, -0.2) is 4.99 Å². The number of amides is 1. The molecule has 0 saturated carbocycles. The number of likely N-dealkylation sites (tertiary alicyclic amines) is 1. The molecule has 6 nitrogen and oxygen atoms in total. The van der Waals surface area contributed by atoms with Gasteiger partial charge in [-0.05, 0) is 32.3 Å². The zero-order chi connectivity index (χ0) is 17.5. The third-order valence-electron chi connectivity index (χ3n) is 4.07. The number of piperidine rings is 1. The quantitative estimate of drug-likeness (QED) is 0.370. The number of aromatic nitrogens is 1. The van der Waals surface area contributed by atoms with Crippen LogP contribution in [0.25, 0.3) is 0 Å². The summed E-state index contributed by atoms with van der Waals surface area (Å²) in [5.41, 5.74) is 0.907. The molecular weight excluding hydrogens is 476 g/mol. The molecule has 1 aromatic rings. The molecule has 25 heavy (non-hydrogen) atoms. The van der Waals surface area contributed by atoms with E-state index in [1.165, 1.54) is 6.42 Å². The molecule has 9 heteroatoms. The predicted octanol–water partition coefficient (Wildman–Crippen LogP) is 3.02. The smallest absolute Gasteiger partial charge is 0.241 e. The molecule has 1 aromatic heterocycles. The van der Waals surface area contributed by atoms with Gasteiger partial charge in [0.1, 0.15) is 5.15 Å². The van der Waals surface area contributed by atoms with E-state index < -0.39 is 0 Å². The van der Waals surface area contributed by atoms with Crippen molar-refractivity contribution in [1.82, 2.24) is 20.1 Å². The van der Waals surface area contributed by atoms with Gasteiger partial charge in [-0.2, -0.15) is 0 Å². The second kappa shape index (κ2) is 11.1. The Labute approximate surface area is 176 Å². The van der Waals surface area contributed by atoms with Crippen LogP contribution in [-0.4, -0.2) is 47.5 Å². The lowest BCUT2D eigenvalue weighted by Crippen LogP contribution is -2.46. The van der Waals surface area contributed by atoms with Gasteiger partial charge in [0.25, 0.3) is 0 Å². The molecule has 0 aromatic carbocycles. The monoisotopic (exact) mass is 501 g/mol. The van der Waals surface area contributed by atoms with E-state index in [9.17, 15) is 4.79 Å². The summed E-state index contributed by atoms with van der Waals surface area (Å²) in [7, 11) is 1.85. The van der Waals surface area contributed by atoms with Crippen LogP contribution in [0.3, 0.4) is 0 Å². The normalized spacial score (nSPS) is 14.9. The minimum atomic E-state index is 0. The van der Waals surface area contributed by atoms with Crippen molar-refractivity contribution >= 4 is 59.0 Å². The highest BCUT2D eigenvalue weighted by molar-refractivity contribution is 14.0. The summed E-state index contributed by atoms with van der Waals surface area (Å²) >= 11 is 12.1. The molecule has 2 heterocycles. The molecule has 0 atom stereocenters. The predicted molar refractivity (Wildman–Crippen MR) is 114 cm³/mol. The van der Waals surface area contributed by atoms with Crippen LogP contribution in [0.15, 0.2) is 11.1 Å². The number of guanidine groups is 1. The highest BCUT2D eigenvalue weighted by Gasteiger charge is 2.16. The molecule has 2 rings (SSSR count). The maximum absolute atomic E-state index is 12.2.